The number of methoxy groups -OCH3 is 1. The fourth-order valence-electron chi connectivity index (χ4n) is 2.89. The van der Waals surface area contributed by atoms with Gasteiger partial charge in [0.05, 0.1) is 18.3 Å². The predicted molar refractivity (Wildman–Crippen MR) is 69.1 cm³/mol. The molecule has 3 heteroatoms. The van der Waals surface area contributed by atoms with Crippen molar-refractivity contribution in [1.29, 1.82) is 0 Å². The molecule has 0 aromatic heterocycles. The quantitative estimate of drug-likeness (QED) is 0.739. The maximum absolute atomic E-state index is 6.25. The molecule has 0 saturated heterocycles. The molecule has 0 aliphatic heterocycles. The van der Waals surface area contributed by atoms with E-state index in [9.17, 15) is 0 Å². The van der Waals surface area contributed by atoms with Gasteiger partial charge in [0, 0.05) is 11.9 Å². The normalized spacial score (nSPS) is 40.9. The van der Waals surface area contributed by atoms with Gasteiger partial charge < -0.3 is 9.47 Å². The van der Waals surface area contributed by atoms with Crippen LogP contribution in [0.15, 0.2) is 0 Å². The van der Waals surface area contributed by atoms with Crippen LogP contribution >= 0.6 is 15.9 Å². The molecule has 2 nitrogen and oxygen atoms in total. The minimum atomic E-state index is 0.427. The Morgan fingerprint density at radius 1 is 0.938 bits per heavy atom. The molecule has 0 spiro atoms. The average molecular weight is 291 g/mol. The Kier molecular flexibility index (Phi) is 5.11. The first kappa shape index (κ1) is 12.8. The highest BCUT2D eigenvalue weighted by Gasteiger charge is 2.29. The summed E-state index contributed by atoms with van der Waals surface area (Å²) < 4.78 is 11.7. The van der Waals surface area contributed by atoms with Gasteiger partial charge in [-0.1, -0.05) is 28.8 Å². The molecule has 2 saturated carbocycles. The van der Waals surface area contributed by atoms with Crippen molar-refractivity contribution in [3.05, 3.63) is 0 Å². The Balaban J connectivity index is 1.79. The molecular formula is C13H23BrO2. The van der Waals surface area contributed by atoms with Crippen molar-refractivity contribution in [2.75, 3.05) is 7.11 Å². The van der Waals surface area contributed by atoms with Gasteiger partial charge in [0.25, 0.3) is 0 Å². The van der Waals surface area contributed by atoms with Gasteiger partial charge in [-0.05, 0) is 38.5 Å². The van der Waals surface area contributed by atoms with E-state index in [1.807, 2.05) is 7.11 Å². The summed E-state index contributed by atoms with van der Waals surface area (Å²) in [5.74, 6) is 0. The number of halogens is 1. The summed E-state index contributed by atoms with van der Waals surface area (Å²) in [5.41, 5.74) is 0. The summed E-state index contributed by atoms with van der Waals surface area (Å²) in [6.07, 6.45) is 11.2. The van der Waals surface area contributed by atoms with Gasteiger partial charge in [0.2, 0.25) is 0 Å². The van der Waals surface area contributed by atoms with Crippen molar-refractivity contribution < 1.29 is 9.47 Å². The number of hydrogen-bond donors (Lipinski definition) is 0. The maximum atomic E-state index is 6.25. The summed E-state index contributed by atoms with van der Waals surface area (Å²) in [6.45, 7) is 0. The largest absolute Gasteiger partial charge is 0.381 e. The zero-order valence-electron chi connectivity index (χ0n) is 10.2. The summed E-state index contributed by atoms with van der Waals surface area (Å²) in [7, 11) is 1.82. The third-order valence-electron chi connectivity index (χ3n) is 3.90. The molecule has 4 atom stereocenters. The van der Waals surface area contributed by atoms with E-state index >= 15 is 0 Å². The lowest BCUT2D eigenvalue weighted by Crippen LogP contribution is -2.36. The lowest BCUT2D eigenvalue weighted by Gasteiger charge is -2.35. The van der Waals surface area contributed by atoms with E-state index in [-0.39, 0.29) is 0 Å². The highest BCUT2D eigenvalue weighted by atomic mass is 79.9. The zero-order valence-corrected chi connectivity index (χ0v) is 11.7. The summed E-state index contributed by atoms with van der Waals surface area (Å²) in [6, 6.07) is 0. The first-order valence-electron chi connectivity index (χ1n) is 6.62. The second-order valence-corrected chi connectivity index (χ2v) is 6.30. The van der Waals surface area contributed by atoms with Crippen molar-refractivity contribution in [1.82, 2.24) is 0 Å². The second-order valence-electron chi connectivity index (χ2n) is 5.12. The second kappa shape index (κ2) is 6.36. The van der Waals surface area contributed by atoms with E-state index in [1.165, 1.54) is 44.9 Å². The minimum absolute atomic E-state index is 0.427. The molecule has 16 heavy (non-hydrogen) atoms. The molecule has 0 aromatic carbocycles. The summed E-state index contributed by atoms with van der Waals surface area (Å²) in [5, 5.41) is 0. The smallest absolute Gasteiger partial charge is 0.0703 e. The molecule has 0 radical (unpaired) electrons. The van der Waals surface area contributed by atoms with E-state index in [0.29, 0.717) is 23.1 Å². The van der Waals surface area contributed by atoms with Crippen LogP contribution in [0.1, 0.15) is 51.4 Å². The molecule has 2 aliphatic carbocycles. The molecule has 0 amide bonds. The Morgan fingerprint density at radius 2 is 1.69 bits per heavy atom. The first-order chi connectivity index (χ1) is 7.79. The lowest BCUT2D eigenvalue weighted by molar-refractivity contribution is -0.0718. The molecule has 2 aliphatic rings. The van der Waals surface area contributed by atoms with Crippen LogP contribution in [0.2, 0.25) is 0 Å². The van der Waals surface area contributed by atoms with E-state index in [2.05, 4.69) is 15.9 Å². The Hall–Kier alpha value is 0.400. The van der Waals surface area contributed by atoms with Crippen molar-refractivity contribution in [2.24, 2.45) is 0 Å². The van der Waals surface area contributed by atoms with Gasteiger partial charge in [-0.15, -0.1) is 0 Å². The van der Waals surface area contributed by atoms with Crippen LogP contribution in [0.5, 0.6) is 0 Å². The third-order valence-corrected chi connectivity index (χ3v) is 4.95. The molecule has 2 rings (SSSR count). The van der Waals surface area contributed by atoms with Gasteiger partial charge in [-0.25, -0.2) is 0 Å². The minimum Gasteiger partial charge on any atom is -0.381 e. The highest BCUT2D eigenvalue weighted by molar-refractivity contribution is 9.09. The van der Waals surface area contributed by atoms with Crippen LogP contribution in [-0.2, 0) is 9.47 Å². The Bertz CT molecular complexity index is 210. The number of rotatable bonds is 3. The molecule has 2 fully saturated rings. The number of hydrogen-bond acceptors (Lipinski definition) is 2. The molecule has 0 bridgehead atoms. The molecule has 4 unspecified atom stereocenters. The van der Waals surface area contributed by atoms with Crippen LogP contribution in [0, 0.1) is 0 Å². The molecular weight excluding hydrogens is 268 g/mol. The first-order valence-corrected chi connectivity index (χ1v) is 7.53. The molecule has 94 valence electrons. The Labute approximate surface area is 107 Å². The van der Waals surface area contributed by atoms with Crippen LogP contribution in [-0.4, -0.2) is 30.2 Å². The standard InChI is InChI=1S/C13H23BrO2/c1-15-10-5-4-6-11(9-10)16-13-8-3-2-7-12(13)14/h10-13H,2-9H2,1H3. The zero-order chi connectivity index (χ0) is 11.4. The van der Waals surface area contributed by atoms with Gasteiger partial charge in [-0.2, -0.15) is 0 Å². The van der Waals surface area contributed by atoms with Gasteiger partial charge in [-0.3, -0.25) is 0 Å². The molecule has 0 aromatic rings. The highest BCUT2D eigenvalue weighted by Crippen LogP contribution is 2.31. The fraction of sp³-hybridized carbons (Fsp3) is 1.00. The van der Waals surface area contributed by atoms with Gasteiger partial charge in [0.15, 0.2) is 0 Å². The predicted octanol–water partition coefficient (Wildman–Crippen LogP) is 3.67. The maximum Gasteiger partial charge on any atom is 0.0703 e. The topological polar surface area (TPSA) is 18.5 Å². The van der Waals surface area contributed by atoms with E-state index in [4.69, 9.17) is 9.47 Å². The lowest BCUT2D eigenvalue weighted by atomic mass is 9.93. The fourth-order valence-corrected chi connectivity index (χ4v) is 3.60. The monoisotopic (exact) mass is 290 g/mol. The van der Waals surface area contributed by atoms with Gasteiger partial charge in [0.1, 0.15) is 0 Å². The number of ether oxygens (including phenoxy) is 2. The summed E-state index contributed by atoms with van der Waals surface area (Å²) >= 11 is 3.76. The van der Waals surface area contributed by atoms with E-state index in [1.54, 1.807) is 0 Å². The van der Waals surface area contributed by atoms with Crippen LogP contribution in [0.3, 0.4) is 0 Å². The SMILES string of the molecule is COC1CCCC(OC2CCCCC2Br)C1. The van der Waals surface area contributed by atoms with Crippen molar-refractivity contribution >= 4 is 15.9 Å². The van der Waals surface area contributed by atoms with Crippen molar-refractivity contribution in [3.63, 3.8) is 0 Å². The molecule has 0 heterocycles. The van der Waals surface area contributed by atoms with E-state index < -0.39 is 0 Å². The van der Waals surface area contributed by atoms with E-state index in [0.717, 1.165) is 6.42 Å². The van der Waals surface area contributed by atoms with Crippen LogP contribution in [0.25, 0.3) is 0 Å². The van der Waals surface area contributed by atoms with Gasteiger partial charge >= 0.3 is 0 Å². The van der Waals surface area contributed by atoms with Crippen molar-refractivity contribution in [2.45, 2.75) is 74.5 Å². The van der Waals surface area contributed by atoms with Crippen molar-refractivity contribution in [3.8, 4) is 0 Å². The summed E-state index contributed by atoms with van der Waals surface area (Å²) in [4.78, 5) is 0.573. The average Bonchev–Trinajstić information content (AvgIpc) is 2.32. The Morgan fingerprint density at radius 3 is 2.44 bits per heavy atom. The van der Waals surface area contributed by atoms with Crippen LogP contribution < -0.4 is 0 Å². The number of alkyl halides is 1. The van der Waals surface area contributed by atoms with Crippen LogP contribution in [0.4, 0.5) is 0 Å². The molecule has 0 N–H and O–H groups in total. The third kappa shape index (κ3) is 3.44.